The third-order valence-corrected chi connectivity index (χ3v) is 8.08. The summed E-state index contributed by atoms with van der Waals surface area (Å²) in [4.78, 5) is 25.3. The zero-order valence-electron chi connectivity index (χ0n) is 18.9. The SMILES string of the molecule is O=C(Nc1cc(NC(=O)c2ccc(N3CCCCCS3(=O)=O)cc2F)ccc1Cl)c1cccc(Cl)c1. The van der Waals surface area contributed by atoms with Gasteiger partial charge in [-0.25, -0.2) is 12.8 Å². The van der Waals surface area contributed by atoms with E-state index in [2.05, 4.69) is 10.6 Å². The van der Waals surface area contributed by atoms with Crippen LogP contribution in [0, 0.1) is 5.82 Å². The topological polar surface area (TPSA) is 95.6 Å². The average Bonchev–Trinajstić information content (AvgIpc) is 3.01. The van der Waals surface area contributed by atoms with E-state index < -0.39 is 27.7 Å². The number of rotatable bonds is 5. The van der Waals surface area contributed by atoms with Crippen LogP contribution in [-0.2, 0) is 10.0 Å². The Morgan fingerprint density at radius 3 is 2.44 bits per heavy atom. The van der Waals surface area contributed by atoms with Gasteiger partial charge in [-0.3, -0.25) is 13.9 Å². The quantitative estimate of drug-likeness (QED) is 0.410. The maximum absolute atomic E-state index is 14.9. The fourth-order valence-electron chi connectivity index (χ4n) is 3.82. The van der Waals surface area contributed by atoms with Crippen LogP contribution in [0.1, 0.15) is 40.0 Å². The zero-order chi connectivity index (χ0) is 25.9. The van der Waals surface area contributed by atoms with Gasteiger partial charge >= 0.3 is 0 Å². The van der Waals surface area contributed by atoms with E-state index in [9.17, 15) is 22.4 Å². The number of carbonyl (C=O) groups excluding carboxylic acids is 2. The van der Waals surface area contributed by atoms with Gasteiger partial charge in [0.1, 0.15) is 5.82 Å². The molecule has 0 aliphatic carbocycles. The van der Waals surface area contributed by atoms with Gasteiger partial charge in [0.05, 0.1) is 27.7 Å². The summed E-state index contributed by atoms with van der Waals surface area (Å²) in [6.45, 7) is 0.266. The second-order valence-electron chi connectivity index (χ2n) is 8.23. The van der Waals surface area contributed by atoms with Gasteiger partial charge in [0.15, 0.2) is 0 Å². The number of anilines is 3. The summed E-state index contributed by atoms with van der Waals surface area (Å²) < 4.78 is 41.1. The van der Waals surface area contributed by atoms with Crippen molar-refractivity contribution in [1.82, 2.24) is 0 Å². The number of hydrogen-bond acceptors (Lipinski definition) is 4. The molecular weight excluding hydrogens is 528 g/mol. The van der Waals surface area contributed by atoms with Gasteiger partial charge in [0.2, 0.25) is 10.0 Å². The maximum atomic E-state index is 14.9. The van der Waals surface area contributed by atoms with Crippen molar-refractivity contribution in [3.63, 3.8) is 0 Å². The first-order valence-corrected chi connectivity index (χ1v) is 13.5. The van der Waals surface area contributed by atoms with Crippen LogP contribution < -0.4 is 14.9 Å². The molecule has 0 bridgehead atoms. The molecule has 0 aromatic heterocycles. The minimum atomic E-state index is -3.54. The standard InChI is InChI=1S/C25H22Cl2FN3O4S/c26-17-6-4-5-16(13-17)24(32)30-23-14-18(7-10-21(23)27)29-25(33)20-9-8-19(15-22(20)28)31-11-2-1-3-12-36(31,34)35/h4-10,13-15H,1-3,11-12H2,(H,29,33)(H,30,32). The summed E-state index contributed by atoms with van der Waals surface area (Å²) in [5.41, 5.74) is 0.751. The number of nitrogens with zero attached hydrogens (tertiary/aromatic N) is 1. The molecule has 11 heteroatoms. The van der Waals surface area contributed by atoms with Crippen molar-refractivity contribution in [2.45, 2.75) is 19.3 Å². The summed E-state index contributed by atoms with van der Waals surface area (Å²) in [5.74, 6) is -2.04. The van der Waals surface area contributed by atoms with Crippen molar-refractivity contribution < 1.29 is 22.4 Å². The van der Waals surface area contributed by atoms with Crippen molar-refractivity contribution in [2.24, 2.45) is 0 Å². The van der Waals surface area contributed by atoms with Crippen molar-refractivity contribution in [3.8, 4) is 0 Å². The fourth-order valence-corrected chi connectivity index (χ4v) is 5.81. The highest BCUT2D eigenvalue weighted by Crippen LogP contribution is 2.28. The summed E-state index contributed by atoms with van der Waals surface area (Å²) in [7, 11) is -3.54. The molecule has 3 aromatic carbocycles. The molecule has 4 rings (SSSR count). The van der Waals surface area contributed by atoms with Gasteiger partial charge in [0, 0.05) is 22.8 Å². The normalized spacial score (nSPS) is 15.1. The number of sulfonamides is 1. The number of halogens is 3. The molecule has 0 spiro atoms. The van der Waals surface area contributed by atoms with Crippen LogP contribution in [0.4, 0.5) is 21.5 Å². The maximum Gasteiger partial charge on any atom is 0.258 e. The lowest BCUT2D eigenvalue weighted by atomic mass is 10.1. The van der Waals surface area contributed by atoms with Crippen molar-refractivity contribution >= 4 is 62.1 Å². The van der Waals surface area contributed by atoms with E-state index in [0.29, 0.717) is 23.4 Å². The van der Waals surface area contributed by atoms with Crippen LogP contribution in [0.5, 0.6) is 0 Å². The van der Waals surface area contributed by atoms with E-state index >= 15 is 0 Å². The Labute approximate surface area is 218 Å². The Balaban J connectivity index is 1.51. The lowest BCUT2D eigenvalue weighted by Gasteiger charge is -2.22. The number of benzene rings is 3. The predicted molar refractivity (Wildman–Crippen MR) is 140 cm³/mol. The van der Waals surface area contributed by atoms with Crippen LogP contribution in [0.15, 0.2) is 60.7 Å². The Morgan fingerprint density at radius 1 is 0.889 bits per heavy atom. The first-order valence-electron chi connectivity index (χ1n) is 11.1. The number of nitrogens with one attached hydrogen (secondary N) is 2. The third kappa shape index (κ3) is 5.98. The summed E-state index contributed by atoms with van der Waals surface area (Å²) in [6.07, 6.45) is 2.02. The Morgan fingerprint density at radius 2 is 1.69 bits per heavy atom. The van der Waals surface area contributed by atoms with Crippen LogP contribution >= 0.6 is 23.2 Å². The molecule has 7 nitrogen and oxygen atoms in total. The van der Waals surface area contributed by atoms with Gasteiger partial charge in [-0.2, -0.15) is 0 Å². The minimum absolute atomic E-state index is 0.00358. The molecule has 2 N–H and O–H groups in total. The van der Waals surface area contributed by atoms with Crippen molar-refractivity contribution in [1.29, 1.82) is 0 Å². The highest BCUT2D eigenvalue weighted by atomic mass is 35.5. The third-order valence-electron chi connectivity index (χ3n) is 5.64. The molecule has 1 fully saturated rings. The molecule has 1 aliphatic heterocycles. The second-order valence-corrected chi connectivity index (χ2v) is 11.1. The van der Waals surface area contributed by atoms with Crippen molar-refractivity contribution in [3.05, 3.63) is 87.7 Å². The van der Waals surface area contributed by atoms with Crippen LogP contribution in [-0.4, -0.2) is 32.5 Å². The Kier molecular flexibility index (Phi) is 7.82. The predicted octanol–water partition coefficient (Wildman–Crippen LogP) is 5.96. The second kappa shape index (κ2) is 10.9. The highest BCUT2D eigenvalue weighted by molar-refractivity contribution is 7.92. The Bertz CT molecular complexity index is 1430. The summed E-state index contributed by atoms with van der Waals surface area (Å²) in [6, 6.07) is 14.5. The van der Waals surface area contributed by atoms with Gasteiger partial charge in [-0.15, -0.1) is 0 Å². The zero-order valence-corrected chi connectivity index (χ0v) is 21.3. The number of carbonyl (C=O) groups is 2. The average molecular weight is 550 g/mol. The molecular formula is C25H22Cl2FN3O4S. The highest BCUT2D eigenvalue weighted by Gasteiger charge is 2.26. The summed E-state index contributed by atoms with van der Waals surface area (Å²) >= 11 is 12.1. The van der Waals surface area contributed by atoms with E-state index in [1.807, 2.05) is 0 Å². The molecule has 0 atom stereocenters. The van der Waals surface area contributed by atoms with Crippen LogP contribution in [0.25, 0.3) is 0 Å². The molecule has 1 heterocycles. The van der Waals surface area contributed by atoms with E-state index in [-0.39, 0.29) is 39.9 Å². The van der Waals surface area contributed by atoms with E-state index in [1.165, 1.54) is 40.7 Å². The molecule has 0 saturated carbocycles. The molecule has 36 heavy (non-hydrogen) atoms. The van der Waals surface area contributed by atoms with Gasteiger partial charge in [-0.1, -0.05) is 35.7 Å². The summed E-state index contributed by atoms with van der Waals surface area (Å²) in [5, 5.41) is 5.86. The largest absolute Gasteiger partial charge is 0.322 e. The smallest absolute Gasteiger partial charge is 0.258 e. The molecule has 1 saturated heterocycles. The van der Waals surface area contributed by atoms with Crippen LogP contribution in [0.3, 0.4) is 0 Å². The molecule has 188 valence electrons. The van der Waals surface area contributed by atoms with Crippen molar-refractivity contribution in [2.75, 3.05) is 27.2 Å². The first-order chi connectivity index (χ1) is 17.1. The monoisotopic (exact) mass is 549 g/mol. The molecule has 0 radical (unpaired) electrons. The number of hydrogen-bond donors (Lipinski definition) is 2. The molecule has 1 aliphatic rings. The number of amides is 2. The molecule has 2 amide bonds. The van der Waals surface area contributed by atoms with E-state index in [1.54, 1.807) is 18.2 Å². The molecule has 3 aromatic rings. The van der Waals surface area contributed by atoms with Gasteiger partial charge < -0.3 is 10.6 Å². The lowest BCUT2D eigenvalue weighted by Crippen LogP contribution is -2.32. The van der Waals surface area contributed by atoms with Gasteiger partial charge in [0.25, 0.3) is 11.8 Å². The lowest BCUT2D eigenvalue weighted by molar-refractivity contribution is 0.101. The minimum Gasteiger partial charge on any atom is -0.322 e. The Hall–Kier alpha value is -3.14. The van der Waals surface area contributed by atoms with Crippen LogP contribution in [0.2, 0.25) is 10.0 Å². The van der Waals surface area contributed by atoms with E-state index in [4.69, 9.17) is 23.2 Å². The van der Waals surface area contributed by atoms with Gasteiger partial charge in [-0.05, 0) is 67.4 Å². The van der Waals surface area contributed by atoms with E-state index in [0.717, 1.165) is 12.5 Å². The first kappa shape index (κ1) is 25.9. The molecule has 0 unspecified atom stereocenters. The fraction of sp³-hybridized carbons (Fsp3) is 0.200.